The Balaban J connectivity index is 3.14. The number of allylic oxidation sites excluding steroid dienone is 3. The lowest BCUT2D eigenvalue weighted by molar-refractivity contribution is 0.868. The summed E-state index contributed by atoms with van der Waals surface area (Å²) in [6.45, 7) is 4.27. The van der Waals surface area contributed by atoms with Crippen molar-refractivity contribution < 1.29 is 0 Å². The molecule has 0 heterocycles. The van der Waals surface area contributed by atoms with E-state index in [9.17, 15) is 0 Å². The van der Waals surface area contributed by atoms with Crippen molar-refractivity contribution in [2.45, 2.75) is 33.0 Å². The summed E-state index contributed by atoms with van der Waals surface area (Å²) in [7, 11) is 0. The van der Waals surface area contributed by atoms with Crippen LogP contribution in [0.1, 0.15) is 26.2 Å². The predicted octanol–water partition coefficient (Wildman–Crippen LogP) is 3.88. The highest BCUT2D eigenvalue weighted by atomic mass is 127. The van der Waals surface area contributed by atoms with E-state index in [0.29, 0.717) is 4.57 Å². The van der Waals surface area contributed by atoms with Gasteiger partial charge in [-0.15, -0.1) is 28.3 Å². The van der Waals surface area contributed by atoms with Crippen molar-refractivity contribution in [2.75, 3.05) is 0 Å². The summed E-state index contributed by atoms with van der Waals surface area (Å²) in [6, 6.07) is 0. The minimum absolute atomic E-state index is 0.675. The molecular weight excluding hydrogens is 246 g/mol. The van der Waals surface area contributed by atoms with Gasteiger partial charge >= 0.3 is 0 Å². The van der Waals surface area contributed by atoms with Crippen molar-refractivity contribution in [1.82, 2.24) is 0 Å². The standard InChI is InChI=1S/C9H16BI/c1-3-4-5-6-7-8-9-10(2)11/h3-4,8-9H,5-7H2,1-2H3/b4-3+,9-8+. The zero-order valence-electron chi connectivity index (χ0n) is 7.39. The van der Waals surface area contributed by atoms with Crippen LogP contribution in [0.3, 0.4) is 0 Å². The molecule has 0 bridgehead atoms. The first kappa shape index (κ1) is 11.3. The lowest BCUT2D eigenvalue weighted by Crippen LogP contribution is -1.86. The van der Waals surface area contributed by atoms with Gasteiger partial charge in [0, 0.05) is 0 Å². The highest BCUT2D eigenvalue weighted by Crippen LogP contribution is 2.00. The van der Waals surface area contributed by atoms with Gasteiger partial charge in [-0.1, -0.05) is 25.1 Å². The quantitative estimate of drug-likeness (QED) is 0.305. The van der Waals surface area contributed by atoms with E-state index in [4.69, 9.17) is 0 Å². The second-order valence-corrected chi connectivity index (χ2v) is 4.57. The van der Waals surface area contributed by atoms with Crippen molar-refractivity contribution in [3.63, 3.8) is 0 Å². The van der Waals surface area contributed by atoms with Gasteiger partial charge in [-0.2, -0.15) is 0 Å². The summed E-state index contributed by atoms with van der Waals surface area (Å²) in [5.74, 6) is 2.26. The molecule has 0 aliphatic rings. The molecule has 0 aromatic rings. The van der Waals surface area contributed by atoms with Crippen LogP contribution in [0.2, 0.25) is 6.82 Å². The average molecular weight is 262 g/mol. The minimum atomic E-state index is 0.675. The summed E-state index contributed by atoms with van der Waals surface area (Å²) < 4.78 is 0.675. The van der Waals surface area contributed by atoms with E-state index in [1.165, 1.54) is 19.3 Å². The molecule has 0 amide bonds. The zero-order chi connectivity index (χ0) is 8.53. The van der Waals surface area contributed by atoms with Crippen LogP contribution in [0, 0.1) is 0 Å². The molecule has 62 valence electrons. The molecule has 11 heavy (non-hydrogen) atoms. The Kier molecular flexibility index (Phi) is 8.58. The smallest absolute Gasteiger partial charge is 0.144 e. The fourth-order valence-corrected chi connectivity index (χ4v) is 1.10. The fraction of sp³-hybridized carbons (Fsp3) is 0.556. The minimum Gasteiger partial charge on any atom is -0.144 e. The van der Waals surface area contributed by atoms with Gasteiger partial charge in [0.1, 0.15) is 0 Å². The Hall–Kier alpha value is 0.275. The molecule has 0 nitrogen and oxygen atoms in total. The molecule has 0 fully saturated rings. The molecule has 0 spiro atoms. The number of unbranched alkanes of at least 4 members (excludes halogenated alkanes) is 2. The molecule has 0 aliphatic heterocycles. The molecule has 0 N–H and O–H groups in total. The van der Waals surface area contributed by atoms with Gasteiger partial charge in [0.25, 0.3) is 0 Å². The summed E-state index contributed by atoms with van der Waals surface area (Å²) >= 11 is 2.41. The van der Waals surface area contributed by atoms with Gasteiger partial charge in [0.05, 0.1) is 0 Å². The number of rotatable bonds is 5. The number of halogens is 1. The van der Waals surface area contributed by atoms with Crippen molar-refractivity contribution in [3.05, 3.63) is 24.2 Å². The normalized spacial score (nSPS) is 11.5. The SMILES string of the molecule is C/C=C/CCC/C=C/B(C)I. The zero-order valence-corrected chi connectivity index (χ0v) is 9.54. The highest BCUT2D eigenvalue weighted by Gasteiger charge is 1.90. The van der Waals surface area contributed by atoms with Crippen molar-refractivity contribution in [3.8, 4) is 0 Å². The Morgan fingerprint density at radius 1 is 1.27 bits per heavy atom. The van der Waals surface area contributed by atoms with E-state index in [2.05, 4.69) is 60.3 Å². The topological polar surface area (TPSA) is 0 Å². The summed E-state index contributed by atoms with van der Waals surface area (Å²) in [5, 5.41) is 0. The first-order valence-corrected chi connectivity index (χ1v) is 5.44. The van der Waals surface area contributed by atoms with Gasteiger partial charge in [0.15, 0.2) is 0 Å². The second-order valence-electron chi connectivity index (χ2n) is 2.61. The Morgan fingerprint density at radius 2 is 1.91 bits per heavy atom. The van der Waals surface area contributed by atoms with Crippen molar-refractivity contribution in [1.29, 1.82) is 0 Å². The molecule has 0 aromatic carbocycles. The lowest BCUT2D eigenvalue weighted by Gasteiger charge is -1.90. The van der Waals surface area contributed by atoms with Crippen molar-refractivity contribution in [2.24, 2.45) is 0 Å². The molecule has 0 saturated heterocycles. The van der Waals surface area contributed by atoms with Crippen LogP contribution in [0.5, 0.6) is 0 Å². The van der Waals surface area contributed by atoms with E-state index in [1.807, 2.05) is 0 Å². The van der Waals surface area contributed by atoms with E-state index in [1.54, 1.807) is 0 Å². The van der Waals surface area contributed by atoms with Gasteiger partial charge in [-0.3, -0.25) is 0 Å². The highest BCUT2D eigenvalue weighted by molar-refractivity contribution is 14.1. The second kappa shape index (κ2) is 8.37. The Morgan fingerprint density at radius 3 is 2.45 bits per heavy atom. The monoisotopic (exact) mass is 262 g/mol. The molecular formula is C9H16BI. The average Bonchev–Trinajstić information content (AvgIpc) is 1.96. The van der Waals surface area contributed by atoms with E-state index in [0.717, 1.165) is 0 Å². The third kappa shape index (κ3) is 10.3. The van der Waals surface area contributed by atoms with Crippen LogP contribution in [0.25, 0.3) is 0 Å². The summed E-state index contributed by atoms with van der Waals surface area (Å²) in [5.41, 5.74) is 0. The van der Waals surface area contributed by atoms with Crippen LogP contribution in [0.4, 0.5) is 0 Å². The number of hydrogen-bond acceptors (Lipinski definition) is 0. The summed E-state index contributed by atoms with van der Waals surface area (Å²) in [4.78, 5) is 0. The molecule has 0 atom stereocenters. The van der Waals surface area contributed by atoms with Gasteiger partial charge < -0.3 is 0 Å². The first-order valence-electron chi connectivity index (χ1n) is 4.19. The Bertz CT molecular complexity index is 128. The van der Waals surface area contributed by atoms with E-state index < -0.39 is 0 Å². The predicted molar refractivity (Wildman–Crippen MR) is 63.4 cm³/mol. The van der Waals surface area contributed by atoms with Crippen LogP contribution in [-0.2, 0) is 0 Å². The van der Waals surface area contributed by atoms with Crippen molar-refractivity contribution >= 4 is 26.9 Å². The van der Waals surface area contributed by atoms with Crippen LogP contribution in [0.15, 0.2) is 24.2 Å². The maximum Gasteiger partial charge on any atom is 0.239 e. The molecule has 0 aromatic heterocycles. The maximum absolute atomic E-state index is 2.41. The third-order valence-electron chi connectivity index (χ3n) is 1.38. The van der Waals surface area contributed by atoms with Gasteiger partial charge in [0.2, 0.25) is 4.57 Å². The molecule has 2 heteroatoms. The lowest BCUT2D eigenvalue weighted by atomic mass is 9.82. The third-order valence-corrected chi connectivity index (χ3v) is 1.79. The van der Waals surface area contributed by atoms with Gasteiger partial charge in [-0.25, -0.2) is 0 Å². The largest absolute Gasteiger partial charge is 0.239 e. The van der Waals surface area contributed by atoms with Crippen LogP contribution < -0.4 is 0 Å². The van der Waals surface area contributed by atoms with E-state index in [-0.39, 0.29) is 0 Å². The molecule has 0 rings (SSSR count). The molecule has 0 unspecified atom stereocenters. The molecule has 0 saturated carbocycles. The fourth-order valence-electron chi connectivity index (χ4n) is 0.804. The van der Waals surface area contributed by atoms with E-state index >= 15 is 0 Å². The van der Waals surface area contributed by atoms with Crippen LogP contribution >= 0.6 is 22.4 Å². The van der Waals surface area contributed by atoms with Crippen LogP contribution in [-0.4, -0.2) is 4.57 Å². The first-order chi connectivity index (χ1) is 5.27. The maximum atomic E-state index is 2.41. The molecule has 0 aliphatic carbocycles. The Labute approximate surface area is 84.1 Å². The molecule has 0 radical (unpaired) electrons. The summed E-state index contributed by atoms with van der Waals surface area (Å²) in [6.07, 6.45) is 10.3. The number of hydrogen-bond donors (Lipinski definition) is 0. The van der Waals surface area contributed by atoms with Gasteiger partial charge in [-0.05, 0) is 26.2 Å².